The van der Waals surface area contributed by atoms with Gasteiger partial charge in [-0.15, -0.1) is 0 Å². The number of esters is 1. The number of ether oxygens (including phenoxy) is 1. The van der Waals surface area contributed by atoms with E-state index in [9.17, 15) is 27.6 Å². The van der Waals surface area contributed by atoms with Crippen molar-refractivity contribution in [1.29, 1.82) is 0 Å². The van der Waals surface area contributed by atoms with E-state index < -0.39 is 42.7 Å². The number of nitrogens with zero attached hydrogens (tertiary/aromatic N) is 1. The second kappa shape index (κ2) is 9.75. The van der Waals surface area contributed by atoms with Crippen LogP contribution in [0.15, 0.2) is 36.4 Å². The van der Waals surface area contributed by atoms with Crippen LogP contribution in [0, 0.1) is 0 Å². The molecule has 1 N–H and O–H groups in total. The summed E-state index contributed by atoms with van der Waals surface area (Å²) in [6.07, 6.45) is -4.50. The summed E-state index contributed by atoms with van der Waals surface area (Å²) in [5.74, 6) is -1.97. The Balaban J connectivity index is 2.46. The van der Waals surface area contributed by atoms with Crippen LogP contribution in [0.2, 0.25) is 0 Å². The Morgan fingerprint density at radius 1 is 1.19 bits per heavy atom. The van der Waals surface area contributed by atoms with Crippen LogP contribution >= 0.6 is 0 Å². The second-order valence-corrected chi connectivity index (χ2v) is 5.78. The Labute approximate surface area is 155 Å². The molecule has 9 heteroatoms. The smallest absolute Gasteiger partial charge is 0.416 e. The standard InChI is InChI=1S/C18H21F3N2O4/c1-4-23(10-12(2)3)15(24)11-27-16(25)9-22-17(26)13-5-7-14(8-6-13)18(19,20)21/h5-8H,2,4,9-11H2,1,3H3,(H,22,26). The SMILES string of the molecule is C=C(C)CN(CC)C(=O)COC(=O)CNC(=O)c1ccc(C(F)(F)F)cc1. The van der Waals surface area contributed by atoms with Crippen molar-refractivity contribution in [1.82, 2.24) is 10.2 Å². The summed E-state index contributed by atoms with van der Waals surface area (Å²) in [6, 6.07) is 3.55. The largest absolute Gasteiger partial charge is 0.454 e. The molecule has 2 amide bonds. The molecular formula is C18H21F3N2O4. The summed E-state index contributed by atoms with van der Waals surface area (Å²) in [7, 11) is 0. The normalized spacial score (nSPS) is 10.9. The summed E-state index contributed by atoms with van der Waals surface area (Å²) >= 11 is 0. The number of carbonyl (C=O) groups excluding carboxylic acids is 3. The molecule has 6 nitrogen and oxygen atoms in total. The topological polar surface area (TPSA) is 75.7 Å². The van der Waals surface area contributed by atoms with Crippen molar-refractivity contribution in [2.24, 2.45) is 0 Å². The van der Waals surface area contributed by atoms with E-state index in [2.05, 4.69) is 11.9 Å². The van der Waals surface area contributed by atoms with Gasteiger partial charge in [0.1, 0.15) is 6.54 Å². The van der Waals surface area contributed by atoms with Crippen molar-refractivity contribution in [3.8, 4) is 0 Å². The lowest BCUT2D eigenvalue weighted by Crippen LogP contribution is -2.37. The Morgan fingerprint density at radius 3 is 2.26 bits per heavy atom. The molecular weight excluding hydrogens is 365 g/mol. The third-order valence-electron chi connectivity index (χ3n) is 3.42. The first-order valence-corrected chi connectivity index (χ1v) is 8.07. The van der Waals surface area contributed by atoms with Gasteiger partial charge in [0.2, 0.25) is 0 Å². The zero-order valence-electron chi connectivity index (χ0n) is 15.1. The minimum absolute atomic E-state index is 0.0366. The molecule has 0 aliphatic heterocycles. The molecule has 0 unspecified atom stereocenters. The molecule has 0 saturated heterocycles. The number of likely N-dealkylation sites (N-methyl/N-ethyl adjacent to an activating group) is 1. The van der Waals surface area contributed by atoms with E-state index in [-0.39, 0.29) is 5.56 Å². The van der Waals surface area contributed by atoms with Crippen LogP contribution in [0.5, 0.6) is 0 Å². The maximum absolute atomic E-state index is 12.5. The van der Waals surface area contributed by atoms with Crippen molar-refractivity contribution >= 4 is 17.8 Å². The quantitative estimate of drug-likeness (QED) is 0.550. The van der Waals surface area contributed by atoms with E-state index in [1.165, 1.54) is 4.90 Å². The van der Waals surface area contributed by atoms with Gasteiger partial charge in [-0.3, -0.25) is 14.4 Å². The summed E-state index contributed by atoms with van der Waals surface area (Å²) in [5.41, 5.74) is -0.141. The monoisotopic (exact) mass is 386 g/mol. The molecule has 0 radical (unpaired) electrons. The molecule has 0 spiro atoms. The molecule has 1 rings (SSSR count). The van der Waals surface area contributed by atoms with E-state index in [4.69, 9.17) is 4.74 Å². The van der Waals surface area contributed by atoms with Gasteiger partial charge in [0.15, 0.2) is 6.61 Å². The molecule has 0 aliphatic rings. The summed E-state index contributed by atoms with van der Waals surface area (Å²) in [6.45, 7) is 7.02. The first-order chi connectivity index (χ1) is 12.5. The molecule has 0 heterocycles. The molecule has 0 atom stereocenters. The van der Waals surface area contributed by atoms with Crippen LogP contribution in [0.3, 0.4) is 0 Å². The number of hydrogen-bond donors (Lipinski definition) is 1. The van der Waals surface area contributed by atoms with Crippen molar-refractivity contribution in [3.63, 3.8) is 0 Å². The van der Waals surface area contributed by atoms with E-state index in [0.717, 1.165) is 29.8 Å². The van der Waals surface area contributed by atoms with Gasteiger partial charge in [0.25, 0.3) is 11.8 Å². The van der Waals surface area contributed by atoms with Crippen LogP contribution in [-0.2, 0) is 20.5 Å². The van der Waals surface area contributed by atoms with Crippen LogP contribution < -0.4 is 5.32 Å². The zero-order valence-corrected chi connectivity index (χ0v) is 15.1. The zero-order chi connectivity index (χ0) is 20.6. The maximum Gasteiger partial charge on any atom is 0.416 e. The number of amides is 2. The van der Waals surface area contributed by atoms with Gasteiger partial charge in [0.05, 0.1) is 5.56 Å². The summed E-state index contributed by atoms with van der Waals surface area (Å²) in [4.78, 5) is 36.8. The Morgan fingerprint density at radius 2 is 1.78 bits per heavy atom. The number of hydrogen-bond acceptors (Lipinski definition) is 4. The lowest BCUT2D eigenvalue weighted by Gasteiger charge is -2.20. The van der Waals surface area contributed by atoms with Crippen molar-refractivity contribution in [2.75, 3.05) is 26.2 Å². The fourth-order valence-corrected chi connectivity index (χ4v) is 2.05. The molecule has 148 valence electrons. The Bertz CT molecular complexity index is 700. The van der Waals surface area contributed by atoms with E-state index in [1.807, 2.05) is 0 Å². The van der Waals surface area contributed by atoms with Crippen molar-refractivity contribution in [2.45, 2.75) is 20.0 Å². The predicted molar refractivity (Wildman–Crippen MR) is 91.8 cm³/mol. The predicted octanol–water partition coefficient (Wildman–Crippen LogP) is 2.40. The number of alkyl halides is 3. The minimum atomic E-state index is -4.50. The van der Waals surface area contributed by atoms with Crippen molar-refractivity contribution < 1.29 is 32.3 Å². The molecule has 0 aliphatic carbocycles. The van der Waals surface area contributed by atoms with E-state index >= 15 is 0 Å². The maximum atomic E-state index is 12.5. The number of carbonyl (C=O) groups is 3. The highest BCUT2D eigenvalue weighted by atomic mass is 19.4. The van der Waals surface area contributed by atoms with Gasteiger partial charge >= 0.3 is 12.1 Å². The van der Waals surface area contributed by atoms with Gasteiger partial charge in [-0.1, -0.05) is 12.2 Å². The highest BCUT2D eigenvalue weighted by Crippen LogP contribution is 2.29. The van der Waals surface area contributed by atoms with Gasteiger partial charge in [0, 0.05) is 18.7 Å². The third-order valence-corrected chi connectivity index (χ3v) is 3.42. The molecule has 0 saturated carbocycles. The van der Waals surface area contributed by atoms with Gasteiger partial charge < -0.3 is 15.0 Å². The fourth-order valence-electron chi connectivity index (χ4n) is 2.05. The molecule has 27 heavy (non-hydrogen) atoms. The summed E-state index contributed by atoms with van der Waals surface area (Å²) < 4.78 is 42.2. The van der Waals surface area contributed by atoms with Gasteiger partial charge in [-0.2, -0.15) is 13.2 Å². The fraction of sp³-hybridized carbons (Fsp3) is 0.389. The van der Waals surface area contributed by atoms with Crippen LogP contribution in [0.4, 0.5) is 13.2 Å². The summed E-state index contributed by atoms with van der Waals surface area (Å²) in [5, 5.41) is 2.22. The van der Waals surface area contributed by atoms with Crippen LogP contribution in [-0.4, -0.2) is 48.9 Å². The molecule has 0 bridgehead atoms. The number of benzene rings is 1. The Kier molecular flexibility index (Phi) is 8.01. The van der Waals surface area contributed by atoms with Crippen molar-refractivity contribution in [3.05, 3.63) is 47.5 Å². The molecule has 0 fully saturated rings. The number of nitrogens with one attached hydrogen (secondary N) is 1. The highest BCUT2D eigenvalue weighted by Gasteiger charge is 2.30. The van der Waals surface area contributed by atoms with Gasteiger partial charge in [-0.25, -0.2) is 0 Å². The average molecular weight is 386 g/mol. The van der Waals surface area contributed by atoms with E-state index in [0.29, 0.717) is 13.1 Å². The molecule has 1 aromatic carbocycles. The molecule has 0 aromatic heterocycles. The Hall–Kier alpha value is -2.84. The van der Waals surface area contributed by atoms with E-state index in [1.54, 1.807) is 13.8 Å². The van der Waals surface area contributed by atoms with Gasteiger partial charge in [-0.05, 0) is 38.1 Å². The molecule has 1 aromatic rings. The number of rotatable bonds is 8. The first kappa shape index (κ1) is 22.2. The second-order valence-electron chi connectivity index (χ2n) is 5.78. The lowest BCUT2D eigenvalue weighted by atomic mass is 10.1. The first-order valence-electron chi connectivity index (χ1n) is 8.07. The lowest BCUT2D eigenvalue weighted by molar-refractivity contribution is -0.150. The highest BCUT2D eigenvalue weighted by molar-refractivity contribution is 5.96. The minimum Gasteiger partial charge on any atom is -0.454 e. The van der Waals surface area contributed by atoms with Crippen LogP contribution in [0.1, 0.15) is 29.8 Å². The van der Waals surface area contributed by atoms with Crippen LogP contribution in [0.25, 0.3) is 0 Å². The third kappa shape index (κ3) is 7.51. The average Bonchev–Trinajstić information content (AvgIpc) is 2.61. The number of halogens is 3.